The Kier molecular flexibility index (Phi) is 4.28. The normalized spacial score (nSPS) is 29.0. The molecule has 0 aliphatic heterocycles. The largest absolute Gasteiger partial charge is 0.481 e. The van der Waals surface area contributed by atoms with E-state index in [9.17, 15) is 9.59 Å². The molecule has 3 aliphatic rings. The minimum atomic E-state index is -0.713. The lowest BCUT2D eigenvalue weighted by molar-refractivity contribution is -0.142. The second-order valence-electron chi connectivity index (χ2n) is 7.04. The number of aliphatic carboxylic acids is 1. The van der Waals surface area contributed by atoms with Gasteiger partial charge in [-0.3, -0.25) is 4.79 Å². The van der Waals surface area contributed by atoms with Crippen LogP contribution >= 0.6 is 0 Å². The Morgan fingerprint density at radius 3 is 2.22 bits per heavy atom. The molecule has 3 fully saturated rings. The van der Waals surface area contributed by atoms with Crippen molar-refractivity contribution >= 4 is 12.1 Å². The summed E-state index contributed by atoms with van der Waals surface area (Å²) in [6.07, 6.45) is 5.04. The van der Waals surface area contributed by atoms with E-state index >= 15 is 0 Å². The van der Waals surface area contributed by atoms with Crippen LogP contribution in [0.3, 0.4) is 0 Å². The third-order valence-corrected chi connectivity index (χ3v) is 5.51. The number of carbonyl (C=O) groups is 2. The molecule has 0 spiro atoms. The molecule has 2 N–H and O–H groups in total. The number of alkyl carbamates (subject to hydrolysis) is 1. The van der Waals surface area contributed by atoms with Gasteiger partial charge in [-0.15, -0.1) is 0 Å². The number of rotatable bonds is 5. The quantitative estimate of drug-likeness (QED) is 0.872. The van der Waals surface area contributed by atoms with Crippen molar-refractivity contribution in [2.75, 3.05) is 0 Å². The highest BCUT2D eigenvalue weighted by Gasteiger charge is 2.50. The summed E-state index contributed by atoms with van der Waals surface area (Å²) in [5.41, 5.74) is 0.713. The fourth-order valence-corrected chi connectivity index (χ4v) is 4.01. The van der Waals surface area contributed by atoms with Crippen molar-refractivity contribution in [1.29, 1.82) is 0 Å². The molecule has 0 atom stereocenters. The molecule has 0 radical (unpaired) electrons. The number of carbonyl (C=O) groups excluding carboxylic acids is 1. The molecular weight excluding hydrogens is 294 g/mol. The molecule has 1 amide bonds. The van der Waals surface area contributed by atoms with Crippen LogP contribution in [0.25, 0.3) is 0 Å². The molecule has 3 aliphatic carbocycles. The van der Waals surface area contributed by atoms with Gasteiger partial charge in [0.1, 0.15) is 6.61 Å². The molecule has 2 bridgehead atoms. The number of amides is 1. The summed E-state index contributed by atoms with van der Waals surface area (Å²) in [4.78, 5) is 23.1. The number of fused-ring (bicyclic) bond motifs is 3. The molecule has 1 aromatic carbocycles. The number of hydrogen-bond acceptors (Lipinski definition) is 3. The molecule has 5 nitrogen and oxygen atoms in total. The molecule has 0 heterocycles. The third kappa shape index (κ3) is 3.66. The van der Waals surface area contributed by atoms with Crippen LogP contribution in [-0.2, 0) is 16.1 Å². The Balaban J connectivity index is 1.51. The SMILES string of the molecule is O=C(O)CC12CCC(NC(=O)OCc3ccccc3)(CC1)CC2. The molecule has 3 saturated carbocycles. The van der Waals surface area contributed by atoms with E-state index in [1.165, 1.54) is 0 Å². The fourth-order valence-electron chi connectivity index (χ4n) is 4.01. The van der Waals surface area contributed by atoms with Gasteiger partial charge in [0.2, 0.25) is 0 Å². The van der Waals surface area contributed by atoms with Crippen LogP contribution in [0.15, 0.2) is 30.3 Å². The first-order valence-electron chi connectivity index (χ1n) is 8.22. The van der Waals surface area contributed by atoms with Crippen molar-refractivity contribution in [2.45, 2.75) is 57.1 Å². The Bertz CT molecular complexity index is 559. The number of carboxylic acids is 1. The molecule has 0 saturated heterocycles. The smallest absolute Gasteiger partial charge is 0.407 e. The molecular formula is C18H23NO4. The molecule has 0 aromatic heterocycles. The summed E-state index contributed by atoms with van der Waals surface area (Å²) in [5, 5.41) is 12.1. The molecule has 4 rings (SSSR count). The number of ether oxygens (including phenoxy) is 1. The summed E-state index contributed by atoms with van der Waals surface area (Å²) >= 11 is 0. The number of hydrogen-bond donors (Lipinski definition) is 2. The van der Waals surface area contributed by atoms with Crippen molar-refractivity contribution in [3.05, 3.63) is 35.9 Å². The van der Waals surface area contributed by atoms with Gasteiger partial charge in [-0.2, -0.15) is 0 Å². The van der Waals surface area contributed by atoms with Gasteiger partial charge < -0.3 is 15.2 Å². The van der Waals surface area contributed by atoms with E-state index in [2.05, 4.69) is 5.32 Å². The Morgan fingerprint density at radius 1 is 1.04 bits per heavy atom. The first-order chi connectivity index (χ1) is 11.0. The van der Waals surface area contributed by atoms with Gasteiger partial charge in [-0.05, 0) is 49.5 Å². The lowest BCUT2D eigenvalue weighted by atomic mass is 9.56. The molecule has 5 heteroatoms. The van der Waals surface area contributed by atoms with E-state index in [4.69, 9.17) is 9.84 Å². The van der Waals surface area contributed by atoms with Crippen LogP contribution < -0.4 is 5.32 Å². The van der Waals surface area contributed by atoms with Gasteiger partial charge in [-0.1, -0.05) is 30.3 Å². The van der Waals surface area contributed by atoms with Gasteiger partial charge in [-0.25, -0.2) is 4.79 Å². The fraction of sp³-hybridized carbons (Fsp3) is 0.556. The lowest BCUT2D eigenvalue weighted by Crippen LogP contribution is -2.57. The zero-order valence-electron chi connectivity index (χ0n) is 13.2. The average Bonchev–Trinajstić information content (AvgIpc) is 2.55. The average molecular weight is 317 g/mol. The third-order valence-electron chi connectivity index (χ3n) is 5.51. The van der Waals surface area contributed by atoms with Crippen LogP contribution in [0.2, 0.25) is 0 Å². The summed E-state index contributed by atoms with van der Waals surface area (Å²) in [6, 6.07) is 9.61. The highest BCUT2D eigenvalue weighted by atomic mass is 16.5. The number of nitrogens with one attached hydrogen (secondary N) is 1. The maximum absolute atomic E-state index is 12.1. The van der Waals surface area contributed by atoms with E-state index in [0.29, 0.717) is 0 Å². The zero-order valence-corrected chi connectivity index (χ0v) is 13.2. The Morgan fingerprint density at radius 2 is 1.65 bits per heavy atom. The lowest BCUT2D eigenvalue weighted by Gasteiger charge is -2.53. The summed E-state index contributed by atoms with van der Waals surface area (Å²) < 4.78 is 5.32. The van der Waals surface area contributed by atoms with Crippen molar-refractivity contribution < 1.29 is 19.4 Å². The molecule has 1 aromatic rings. The van der Waals surface area contributed by atoms with Gasteiger partial charge in [0, 0.05) is 5.54 Å². The van der Waals surface area contributed by atoms with Gasteiger partial charge in [0.15, 0.2) is 0 Å². The van der Waals surface area contributed by atoms with E-state index in [0.717, 1.165) is 44.1 Å². The highest BCUT2D eigenvalue weighted by Crippen LogP contribution is 2.54. The van der Waals surface area contributed by atoms with Crippen molar-refractivity contribution in [2.24, 2.45) is 5.41 Å². The van der Waals surface area contributed by atoms with Crippen LogP contribution in [0, 0.1) is 5.41 Å². The van der Waals surface area contributed by atoms with Gasteiger partial charge >= 0.3 is 12.1 Å². The number of carboxylic acid groups (broad SMARTS) is 1. The summed E-state index contributed by atoms with van der Waals surface area (Å²) in [6.45, 7) is 0.270. The summed E-state index contributed by atoms with van der Waals surface area (Å²) in [7, 11) is 0. The molecule has 124 valence electrons. The zero-order chi connectivity index (χ0) is 16.3. The topological polar surface area (TPSA) is 75.6 Å². The van der Waals surface area contributed by atoms with Crippen LogP contribution in [-0.4, -0.2) is 22.7 Å². The van der Waals surface area contributed by atoms with Crippen molar-refractivity contribution in [1.82, 2.24) is 5.32 Å². The second-order valence-corrected chi connectivity index (χ2v) is 7.04. The van der Waals surface area contributed by atoms with Crippen LogP contribution in [0.1, 0.15) is 50.5 Å². The van der Waals surface area contributed by atoms with Gasteiger partial charge in [0.25, 0.3) is 0 Å². The maximum Gasteiger partial charge on any atom is 0.407 e. The van der Waals surface area contributed by atoms with Crippen molar-refractivity contribution in [3.8, 4) is 0 Å². The van der Waals surface area contributed by atoms with E-state index in [1.54, 1.807) is 0 Å². The minimum absolute atomic E-state index is 0.0524. The second kappa shape index (κ2) is 6.22. The Labute approximate surface area is 136 Å². The van der Waals surface area contributed by atoms with E-state index < -0.39 is 5.97 Å². The number of benzene rings is 1. The predicted molar refractivity (Wildman–Crippen MR) is 84.9 cm³/mol. The van der Waals surface area contributed by atoms with Gasteiger partial charge in [0.05, 0.1) is 6.42 Å². The monoisotopic (exact) mass is 317 g/mol. The van der Waals surface area contributed by atoms with Crippen molar-refractivity contribution in [3.63, 3.8) is 0 Å². The van der Waals surface area contributed by atoms with E-state index in [1.807, 2.05) is 30.3 Å². The highest BCUT2D eigenvalue weighted by molar-refractivity contribution is 5.69. The van der Waals surface area contributed by atoms with Crippen LogP contribution in [0.5, 0.6) is 0 Å². The Hall–Kier alpha value is -2.04. The maximum atomic E-state index is 12.1. The van der Waals surface area contributed by atoms with E-state index in [-0.39, 0.29) is 30.1 Å². The first-order valence-corrected chi connectivity index (χ1v) is 8.22. The standard InChI is InChI=1S/C18H23NO4/c20-15(21)12-17-6-9-18(10-7-17,11-8-17)19-16(22)23-13-14-4-2-1-3-5-14/h1-5H,6-13H2,(H,19,22)(H,20,21). The van der Waals surface area contributed by atoms with Crippen LogP contribution in [0.4, 0.5) is 4.79 Å². The predicted octanol–water partition coefficient (Wildman–Crippen LogP) is 3.48. The molecule has 23 heavy (non-hydrogen) atoms. The molecule has 0 unspecified atom stereocenters. The summed E-state index contributed by atoms with van der Waals surface area (Å²) in [5.74, 6) is -0.713. The minimum Gasteiger partial charge on any atom is -0.481 e. The first kappa shape index (κ1) is 15.8.